The fourth-order valence-electron chi connectivity index (χ4n) is 3.61. The van der Waals surface area contributed by atoms with Crippen LogP contribution in [0.4, 0.5) is 11.5 Å². The van der Waals surface area contributed by atoms with E-state index in [0.29, 0.717) is 5.82 Å². The number of benzene rings is 1. The highest BCUT2D eigenvalue weighted by Crippen LogP contribution is 2.45. The average molecular weight is 296 g/mol. The second kappa shape index (κ2) is 4.84. The van der Waals surface area contributed by atoms with E-state index in [0.717, 1.165) is 31.6 Å². The quantitative estimate of drug-likeness (QED) is 0.732. The van der Waals surface area contributed by atoms with Crippen LogP contribution >= 0.6 is 0 Å². The molecule has 2 aliphatic rings. The third kappa shape index (κ3) is 1.91. The predicted molar refractivity (Wildman–Crippen MR) is 84.9 cm³/mol. The first-order chi connectivity index (χ1) is 10.7. The molecule has 0 bridgehead atoms. The Kier molecular flexibility index (Phi) is 2.94. The maximum Gasteiger partial charge on any atom is 0.291 e. The predicted octanol–water partition coefficient (Wildman–Crippen LogP) is 1.03. The normalized spacial score (nSPS) is 22.4. The van der Waals surface area contributed by atoms with E-state index in [-0.39, 0.29) is 17.1 Å². The maximum absolute atomic E-state index is 11.8. The van der Waals surface area contributed by atoms with Crippen molar-refractivity contribution in [3.05, 3.63) is 52.6 Å². The molecule has 2 aromatic rings. The van der Waals surface area contributed by atoms with Crippen molar-refractivity contribution >= 4 is 11.5 Å². The molecule has 4 rings (SSSR count). The molecule has 113 valence electrons. The molecule has 0 aliphatic carbocycles. The maximum atomic E-state index is 11.8. The van der Waals surface area contributed by atoms with Crippen molar-refractivity contribution in [1.82, 2.24) is 9.97 Å². The number of aromatic nitrogens is 2. The van der Waals surface area contributed by atoms with Crippen LogP contribution in [0, 0.1) is 6.20 Å². The minimum Gasteiger partial charge on any atom is -0.377 e. The summed E-state index contributed by atoms with van der Waals surface area (Å²) in [7, 11) is 0. The fourth-order valence-corrected chi connectivity index (χ4v) is 3.61. The summed E-state index contributed by atoms with van der Waals surface area (Å²) in [5.41, 5.74) is 8.51. The number of aromatic amines is 1. The van der Waals surface area contributed by atoms with E-state index in [4.69, 9.17) is 5.73 Å². The van der Waals surface area contributed by atoms with Crippen LogP contribution in [0.15, 0.2) is 35.3 Å². The molecule has 0 unspecified atom stereocenters. The molecule has 1 spiro atoms. The molecular formula is C16H18N5O. The minimum absolute atomic E-state index is 0.0128. The molecule has 2 aliphatic heterocycles. The Morgan fingerprint density at radius 3 is 2.82 bits per heavy atom. The number of fused-ring (bicyclic) bond motifs is 1. The second-order valence-electron chi connectivity index (χ2n) is 6.01. The van der Waals surface area contributed by atoms with Gasteiger partial charge in [-0.3, -0.25) is 4.79 Å². The number of anilines is 2. The summed E-state index contributed by atoms with van der Waals surface area (Å²) < 4.78 is 0. The first-order valence-electron chi connectivity index (χ1n) is 7.53. The molecule has 0 saturated carbocycles. The Labute approximate surface area is 128 Å². The molecule has 6 nitrogen and oxygen atoms in total. The molecule has 4 N–H and O–H groups in total. The van der Waals surface area contributed by atoms with Gasteiger partial charge < -0.3 is 20.9 Å². The Hall–Kier alpha value is -2.34. The molecule has 3 heterocycles. The first-order valence-corrected chi connectivity index (χ1v) is 7.53. The van der Waals surface area contributed by atoms with E-state index in [1.807, 2.05) is 17.0 Å². The lowest BCUT2D eigenvalue weighted by atomic mass is 9.81. The number of hydrogen-bond donors (Lipinski definition) is 3. The molecule has 1 atom stereocenters. The molecule has 0 amide bonds. The highest BCUT2D eigenvalue weighted by Gasteiger charge is 2.45. The van der Waals surface area contributed by atoms with Gasteiger partial charge in [-0.25, -0.2) is 4.98 Å². The van der Waals surface area contributed by atoms with Gasteiger partial charge in [-0.1, -0.05) is 18.2 Å². The van der Waals surface area contributed by atoms with Gasteiger partial charge in [0.25, 0.3) is 5.56 Å². The number of piperidine rings is 1. The van der Waals surface area contributed by atoms with Crippen molar-refractivity contribution in [2.45, 2.75) is 24.4 Å². The highest BCUT2D eigenvalue weighted by atomic mass is 16.1. The number of rotatable bonds is 1. The molecular weight excluding hydrogens is 278 g/mol. The zero-order chi connectivity index (χ0) is 15.2. The Morgan fingerprint density at radius 1 is 1.32 bits per heavy atom. The molecule has 1 saturated heterocycles. The fraction of sp³-hybridized carbons (Fsp3) is 0.375. The smallest absolute Gasteiger partial charge is 0.291 e. The van der Waals surface area contributed by atoms with Crippen molar-refractivity contribution < 1.29 is 0 Å². The molecule has 6 heteroatoms. The number of H-pyrrole nitrogens is 1. The summed E-state index contributed by atoms with van der Waals surface area (Å²) >= 11 is 0. The van der Waals surface area contributed by atoms with E-state index in [2.05, 4.69) is 33.6 Å². The van der Waals surface area contributed by atoms with Crippen LogP contribution in [0.3, 0.4) is 0 Å². The zero-order valence-corrected chi connectivity index (χ0v) is 12.2. The molecule has 22 heavy (non-hydrogen) atoms. The van der Waals surface area contributed by atoms with Crippen LogP contribution in [0.1, 0.15) is 24.4 Å². The van der Waals surface area contributed by atoms with Gasteiger partial charge in [0.15, 0.2) is 5.82 Å². The van der Waals surface area contributed by atoms with Crippen LogP contribution in [0.2, 0.25) is 0 Å². The Bertz CT molecular complexity index is 748. The van der Waals surface area contributed by atoms with Gasteiger partial charge in [0.05, 0.1) is 24.0 Å². The number of nitrogens with two attached hydrogens (primary N) is 1. The summed E-state index contributed by atoms with van der Waals surface area (Å²) in [6.45, 7) is 1.52. The van der Waals surface area contributed by atoms with Crippen LogP contribution in [-0.4, -0.2) is 28.6 Å². The lowest BCUT2D eigenvalue weighted by Crippen LogP contribution is -2.53. The number of nitrogens with one attached hydrogen (secondary N) is 2. The lowest BCUT2D eigenvalue weighted by molar-refractivity contribution is 0.322. The van der Waals surface area contributed by atoms with E-state index < -0.39 is 0 Å². The summed E-state index contributed by atoms with van der Waals surface area (Å²) in [5, 5.41) is 3.62. The van der Waals surface area contributed by atoms with Crippen molar-refractivity contribution in [2.75, 3.05) is 23.3 Å². The van der Waals surface area contributed by atoms with Crippen LogP contribution < -0.4 is 21.5 Å². The Balaban J connectivity index is 1.56. The van der Waals surface area contributed by atoms with E-state index in [1.54, 1.807) is 0 Å². The number of hydrogen-bond acceptors (Lipinski definition) is 5. The summed E-state index contributed by atoms with van der Waals surface area (Å²) in [4.78, 5) is 20.6. The topological polar surface area (TPSA) is 87.0 Å². The summed E-state index contributed by atoms with van der Waals surface area (Å²) in [6, 6.07) is 8.21. The van der Waals surface area contributed by atoms with Crippen LogP contribution in [-0.2, 0) is 0 Å². The minimum atomic E-state index is -0.189. The monoisotopic (exact) mass is 296 g/mol. The van der Waals surface area contributed by atoms with Gasteiger partial charge in [0.1, 0.15) is 0 Å². The first kappa shape index (κ1) is 13.3. The van der Waals surface area contributed by atoms with Crippen molar-refractivity contribution in [3.8, 4) is 0 Å². The summed E-state index contributed by atoms with van der Waals surface area (Å²) in [6.07, 6.45) is 5.85. The second-order valence-corrected chi connectivity index (χ2v) is 6.01. The molecule has 1 aromatic carbocycles. The standard InChI is InChI=1S/C16H18N5O/c17-13-11-3-1-2-4-12(11)20-16(13)5-9-21(10-6-16)14-15(22)19-8-7-18-14/h1-4,7,13,20H,5-6,9-10,17H2,(H,19,22)/t13-/m1/s1. The van der Waals surface area contributed by atoms with Crippen molar-refractivity contribution in [3.63, 3.8) is 0 Å². The van der Waals surface area contributed by atoms with Crippen molar-refractivity contribution in [1.29, 1.82) is 0 Å². The van der Waals surface area contributed by atoms with E-state index >= 15 is 0 Å². The third-order valence-corrected chi connectivity index (χ3v) is 4.87. The van der Waals surface area contributed by atoms with Gasteiger partial charge in [0.2, 0.25) is 0 Å². The average Bonchev–Trinajstić information content (AvgIpc) is 2.82. The zero-order valence-electron chi connectivity index (χ0n) is 12.2. The number of para-hydroxylation sites is 1. The van der Waals surface area contributed by atoms with E-state index in [1.165, 1.54) is 11.8 Å². The van der Waals surface area contributed by atoms with Gasteiger partial charge in [-0.15, -0.1) is 0 Å². The van der Waals surface area contributed by atoms with Gasteiger partial charge in [0, 0.05) is 18.8 Å². The van der Waals surface area contributed by atoms with E-state index in [9.17, 15) is 4.79 Å². The number of nitrogens with zero attached hydrogens (tertiary/aromatic N) is 2. The molecule has 1 radical (unpaired) electrons. The van der Waals surface area contributed by atoms with Gasteiger partial charge in [-0.05, 0) is 24.5 Å². The third-order valence-electron chi connectivity index (χ3n) is 4.87. The SMILES string of the molecule is N[C@@H]1c2ccccc2NC12CCN(c1nc[c][nH]c1=O)CC2. The van der Waals surface area contributed by atoms with Gasteiger partial charge >= 0.3 is 0 Å². The lowest BCUT2D eigenvalue weighted by Gasteiger charge is -2.42. The van der Waals surface area contributed by atoms with Gasteiger partial charge in [-0.2, -0.15) is 0 Å². The van der Waals surface area contributed by atoms with Crippen LogP contribution in [0.25, 0.3) is 0 Å². The Morgan fingerprint density at radius 2 is 2.09 bits per heavy atom. The van der Waals surface area contributed by atoms with Crippen molar-refractivity contribution in [2.24, 2.45) is 5.73 Å². The summed E-state index contributed by atoms with van der Waals surface area (Å²) in [5.74, 6) is 0.470. The van der Waals surface area contributed by atoms with Crippen LogP contribution in [0.5, 0.6) is 0 Å². The molecule has 1 fully saturated rings. The highest BCUT2D eigenvalue weighted by molar-refractivity contribution is 5.61. The molecule has 1 aromatic heterocycles. The largest absolute Gasteiger partial charge is 0.377 e.